The summed E-state index contributed by atoms with van der Waals surface area (Å²) in [5.74, 6) is 0.116. The smallest absolute Gasteiger partial charge is 0.342 e. The second-order valence-electron chi connectivity index (χ2n) is 6.89. The number of nitrogens with zero attached hydrogens (tertiary/aromatic N) is 4. The van der Waals surface area contributed by atoms with Crippen molar-refractivity contribution in [3.05, 3.63) is 43.0 Å². The molecule has 0 fully saturated rings. The quantitative estimate of drug-likeness (QED) is 0.350. The maximum Gasteiger partial charge on any atom is 0.342 e. The number of hydrogen-bond donors (Lipinski definition) is 2. The van der Waals surface area contributed by atoms with Crippen molar-refractivity contribution in [3.63, 3.8) is 0 Å². The molecule has 3 aromatic rings. The molecule has 2 heterocycles. The number of nitrogen functional groups attached to an aromatic ring is 1. The van der Waals surface area contributed by atoms with Gasteiger partial charge >= 0.3 is 13.5 Å². The molecular weight excluding hydrogens is 423 g/mol. The molecular formula is C19H25N6O5P. The van der Waals surface area contributed by atoms with Gasteiger partial charge < -0.3 is 24.3 Å². The van der Waals surface area contributed by atoms with Gasteiger partial charge in [-0.2, -0.15) is 0 Å². The number of methoxy groups -OCH3 is 1. The zero-order valence-electron chi connectivity index (χ0n) is 17.5. The molecule has 2 aromatic heterocycles. The maximum atomic E-state index is 13.5. The third kappa shape index (κ3) is 5.78. The van der Waals surface area contributed by atoms with Gasteiger partial charge in [0.15, 0.2) is 11.5 Å². The summed E-state index contributed by atoms with van der Waals surface area (Å²) in [7, 11) is -2.35. The van der Waals surface area contributed by atoms with Crippen molar-refractivity contribution in [2.24, 2.45) is 0 Å². The highest BCUT2D eigenvalue weighted by atomic mass is 31.2. The standard InChI is InChI=1S/C19H25N6O5P/c1-13(9-25-11-23-16-17(20)21-10-22-18(16)25)29-12-31(27,24-14(2)19(26)28-3)30-15-7-5-4-6-8-15/h4-8,10-11,13-14H,9,12H2,1-3H3,(H,24,27)(H2,20,21,22)/t13-,14+,31?/m1/s1. The third-order valence-corrected chi connectivity index (χ3v) is 6.13. The molecule has 31 heavy (non-hydrogen) atoms. The van der Waals surface area contributed by atoms with Crippen molar-refractivity contribution >= 4 is 30.5 Å². The molecule has 3 N–H and O–H groups in total. The molecule has 0 aliphatic rings. The van der Waals surface area contributed by atoms with E-state index in [9.17, 15) is 9.36 Å². The van der Waals surface area contributed by atoms with Crippen molar-refractivity contribution in [3.8, 4) is 5.75 Å². The Hall–Kier alpha value is -3.01. The number of fused-ring (bicyclic) bond motifs is 1. The summed E-state index contributed by atoms with van der Waals surface area (Å²) >= 11 is 0. The molecule has 1 aromatic carbocycles. The highest BCUT2D eigenvalue weighted by Crippen LogP contribution is 2.44. The van der Waals surface area contributed by atoms with Crippen LogP contribution in [0, 0.1) is 0 Å². The fraction of sp³-hybridized carbons (Fsp3) is 0.368. The molecule has 0 radical (unpaired) electrons. The van der Waals surface area contributed by atoms with Gasteiger partial charge in [0.05, 0.1) is 26.1 Å². The van der Waals surface area contributed by atoms with Crippen LogP contribution in [0.2, 0.25) is 0 Å². The fourth-order valence-electron chi connectivity index (χ4n) is 2.85. The number of nitrogens with two attached hydrogens (primary N) is 1. The number of hydrogen-bond acceptors (Lipinski definition) is 9. The molecule has 3 rings (SSSR count). The van der Waals surface area contributed by atoms with Gasteiger partial charge in [0.1, 0.15) is 30.0 Å². The summed E-state index contributed by atoms with van der Waals surface area (Å²) in [6.45, 7) is 3.73. The Bertz CT molecular complexity index is 1080. The number of carbonyl (C=O) groups is 1. The molecule has 1 unspecified atom stereocenters. The van der Waals surface area contributed by atoms with Gasteiger partial charge in [-0.1, -0.05) is 18.2 Å². The van der Waals surface area contributed by atoms with Gasteiger partial charge in [-0.05, 0) is 26.0 Å². The first-order valence-electron chi connectivity index (χ1n) is 9.53. The fourth-order valence-corrected chi connectivity index (χ4v) is 4.64. The molecule has 0 aliphatic heterocycles. The van der Waals surface area contributed by atoms with Gasteiger partial charge in [0.2, 0.25) is 0 Å². The van der Waals surface area contributed by atoms with Gasteiger partial charge in [-0.25, -0.2) is 20.0 Å². The number of esters is 1. The molecule has 3 atom stereocenters. The topological polar surface area (TPSA) is 143 Å². The molecule has 166 valence electrons. The molecule has 0 aliphatic carbocycles. The second kappa shape index (κ2) is 9.86. The van der Waals surface area contributed by atoms with Gasteiger partial charge in [-0.15, -0.1) is 0 Å². The van der Waals surface area contributed by atoms with E-state index in [4.69, 9.17) is 19.7 Å². The molecule has 0 saturated heterocycles. The van der Waals surface area contributed by atoms with Crippen LogP contribution in [0.5, 0.6) is 5.75 Å². The summed E-state index contributed by atoms with van der Waals surface area (Å²) in [6, 6.07) is 7.81. The largest absolute Gasteiger partial charge is 0.468 e. The maximum absolute atomic E-state index is 13.5. The van der Waals surface area contributed by atoms with E-state index in [0.717, 1.165) is 0 Å². The SMILES string of the molecule is COC(=O)[C@H](C)NP(=O)(CO[C@H](C)Cn1cnc2c(N)ncnc21)Oc1ccccc1. The lowest BCUT2D eigenvalue weighted by Gasteiger charge is -2.24. The number of ether oxygens (including phenoxy) is 2. The van der Waals surface area contributed by atoms with Crippen molar-refractivity contribution in [1.82, 2.24) is 24.6 Å². The number of anilines is 1. The Kier molecular flexibility index (Phi) is 7.21. The summed E-state index contributed by atoms with van der Waals surface area (Å²) < 4.78 is 31.4. The Morgan fingerprint density at radius 2 is 1.97 bits per heavy atom. The number of para-hydroxylation sites is 1. The van der Waals surface area contributed by atoms with E-state index < -0.39 is 19.5 Å². The lowest BCUT2D eigenvalue weighted by Crippen LogP contribution is -2.35. The monoisotopic (exact) mass is 448 g/mol. The first-order valence-corrected chi connectivity index (χ1v) is 11.3. The number of nitrogens with one attached hydrogen (secondary N) is 1. The summed E-state index contributed by atoms with van der Waals surface area (Å²) in [4.78, 5) is 24.1. The summed E-state index contributed by atoms with van der Waals surface area (Å²) in [5, 5.41) is 2.72. The van der Waals surface area contributed by atoms with Crippen LogP contribution in [-0.2, 0) is 25.4 Å². The van der Waals surface area contributed by atoms with E-state index in [0.29, 0.717) is 29.3 Å². The van der Waals surface area contributed by atoms with E-state index in [1.54, 1.807) is 35.2 Å². The predicted octanol–water partition coefficient (Wildman–Crippen LogP) is 2.19. The minimum absolute atomic E-state index is 0.270. The van der Waals surface area contributed by atoms with Crippen molar-refractivity contribution in [1.29, 1.82) is 0 Å². The molecule has 11 nitrogen and oxygen atoms in total. The Morgan fingerprint density at radius 1 is 1.23 bits per heavy atom. The Morgan fingerprint density at radius 3 is 2.68 bits per heavy atom. The third-order valence-electron chi connectivity index (χ3n) is 4.35. The van der Waals surface area contributed by atoms with Crippen LogP contribution in [0.3, 0.4) is 0 Å². The molecule has 0 amide bonds. The van der Waals surface area contributed by atoms with Crippen LogP contribution < -0.4 is 15.3 Å². The Balaban J connectivity index is 1.70. The van der Waals surface area contributed by atoms with Crippen LogP contribution in [0.1, 0.15) is 13.8 Å². The summed E-state index contributed by atoms with van der Waals surface area (Å²) in [5.41, 5.74) is 6.89. The van der Waals surface area contributed by atoms with E-state index in [1.807, 2.05) is 13.0 Å². The average molecular weight is 448 g/mol. The zero-order valence-corrected chi connectivity index (χ0v) is 18.4. The summed E-state index contributed by atoms with van der Waals surface area (Å²) in [6.07, 6.45) is 2.31. The molecule has 0 bridgehead atoms. The lowest BCUT2D eigenvalue weighted by atomic mass is 10.3. The van der Waals surface area contributed by atoms with Crippen LogP contribution in [0.25, 0.3) is 11.2 Å². The molecule has 0 saturated carbocycles. The normalized spacial score (nSPS) is 15.2. The van der Waals surface area contributed by atoms with Crippen LogP contribution in [0.4, 0.5) is 5.82 Å². The minimum Gasteiger partial charge on any atom is -0.468 e. The highest BCUT2D eigenvalue weighted by molar-refractivity contribution is 7.57. The van der Waals surface area contributed by atoms with E-state index >= 15 is 0 Å². The number of aromatic nitrogens is 4. The number of carbonyl (C=O) groups excluding carboxylic acids is 1. The molecule has 12 heteroatoms. The van der Waals surface area contributed by atoms with E-state index in [2.05, 4.69) is 20.0 Å². The van der Waals surface area contributed by atoms with E-state index in [1.165, 1.54) is 20.4 Å². The second-order valence-corrected chi connectivity index (χ2v) is 8.93. The lowest BCUT2D eigenvalue weighted by molar-refractivity contribution is -0.142. The van der Waals surface area contributed by atoms with Crippen LogP contribution in [-0.4, -0.2) is 51.1 Å². The van der Waals surface area contributed by atoms with Crippen molar-refractivity contribution in [2.75, 3.05) is 19.2 Å². The number of imidazole rings is 1. The number of benzene rings is 1. The first kappa shape index (κ1) is 22.7. The van der Waals surface area contributed by atoms with Gasteiger partial charge in [0, 0.05) is 0 Å². The highest BCUT2D eigenvalue weighted by Gasteiger charge is 2.31. The zero-order chi connectivity index (χ0) is 22.4. The predicted molar refractivity (Wildman–Crippen MR) is 114 cm³/mol. The number of rotatable bonds is 10. The Labute approximate surface area is 179 Å². The average Bonchev–Trinajstić information content (AvgIpc) is 3.16. The minimum atomic E-state index is -3.61. The van der Waals surface area contributed by atoms with Gasteiger partial charge in [-0.3, -0.25) is 9.36 Å². The van der Waals surface area contributed by atoms with Crippen LogP contribution in [0.15, 0.2) is 43.0 Å². The van der Waals surface area contributed by atoms with Crippen molar-refractivity contribution < 1.29 is 23.4 Å². The van der Waals surface area contributed by atoms with Gasteiger partial charge in [0.25, 0.3) is 0 Å². The molecule has 0 spiro atoms. The van der Waals surface area contributed by atoms with Crippen molar-refractivity contribution in [2.45, 2.75) is 32.5 Å². The van der Waals surface area contributed by atoms with E-state index in [-0.39, 0.29) is 12.5 Å². The van der Waals surface area contributed by atoms with Crippen LogP contribution >= 0.6 is 7.52 Å². The first-order chi connectivity index (χ1) is 14.8.